The van der Waals surface area contributed by atoms with E-state index in [9.17, 15) is 18.0 Å². The fourth-order valence-electron chi connectivity index (χ4n) is 1.63. The van der Waals surface area contributed by atoms with Crippen LogP contribution in [0.25, 0.3) is 6.08 Å². The summed E-state index contributed by atoms with van der Waals surface area (Å²) < 4.78 is 45.2. The molecule has 0 bridgehead atoms. The highest BCUT2D eigenvalue weighted by molar-refractivity contribution is 8.13. The maximum absolute atomic E-state index is 13.6. The van der Waals surface area contributed by atoms with E-state index < -0.39 is 28.3 Å². The van der Waals surface area contributed by atoms with Gasteiger partial charge in [-0.25, -0.2) is 23.1 Å². The van der Waals surface area contributed by atoms with Crippen LogP contribution in [-0.2, 0) is 0 Å². The van der Waals surface area contributed by atoms with E-state index in [4.69, 9.17) is 4.74 Å². The van der Waals surface area contributed by atoms with E-state index in [1.165, 1.54) is 12.3 Å². The summed E-state index contributed by atoms with van der Waals surface area (Å²) in [6.07, 6.45) is 3.86. The van der Waals surface area contributed by atoms with Crippen molar-refractivity contribution >= 4 is 23.0 Å². The highest BCUT2D eigenvalue weighted by Crippen LogP contribution is 2.31. The van der Waals surface area contributed by atoms with E-state index in [2.05, 4.69) is 16.5 Å². The Morgan fingerprint density at radius 3 is 2.45 bits per heavy atom. The first-order valence-corrected chi connectivity index (χ1v) is 7.08. The summed E-state index contributed by atoms with van der Waals surface area (Å²) >= 11 is 0.849. The van der Waals surface area contributed by atoms with Gasteiger partial charge in [0.15, 0.2) is 11.6 Å². The highest BCUT2D eigenvalue weighted by Gasteiger charge is 2.22. The number of nitrogens with zero attached hydrogens (tertiary/aromatic N) is 2. The van der Waals surface area contributed by atoms with Crippen molar-refractivity contribution in [2.24, 2.45) is 0 Å². The molecule has 0 N–H and O–H groups in total. The van der Waals surface area contributed by atoms with E-state index in [1.54, 1.807) is 0 Å². The maximum atomic E-state index is 13.6. The first-order valence-electron chi connectivity index (χ1n) is 5.86. The van der Waals surface area contributed by atoms with Gasteiger partial charge in [-0.15, -0.1) is 0 Å². The number of aromatic nitrogens is 2. The van der Waals surface area contributed by atoms with Gasteiger partial charge in [0.1, 0.15) is 17.7 Å². The standard InChI is InChI=1S/C14H9F3N2O2S/c1-3-10-11(14(20)22-2)13(19-6-18-10)21-12-8(16)4-7(15)5-9(12)17/h3-6H,1H2,2H3. The second-order valence-corrected chi connectivity index (χ2v) is 4.71. The quantitative estimate of drug-likeness (QED) is 0.854. The smallest absolute Gasteiger partial charge is 0.235 e. The van der Waals surface area contributed by atoms with Crippen molar-refractivity contribution in [3.05, 3.63) is 53.7 Å². The highest BCUT2D eigenvalue weighted by atomic mass is 32.2. The SMILES string of the molecule is C=Cc1ncnc(Oc2c(F)cc(F)cc2F)c1C(=O)SC. The summed E-state index contributed by atoms with van der Waals surface area (Å²) in [5, 5.41) is -0.464. The van der Waals surface area contributed by atoms with Gasteiger partial charge in [-0.05, 0) is 12.3 Å². The van der Waals surface area contributed by atoms with Crippen LogP contribution in [0.4, 0.5) is 13.2 Å². The van der Waals surface area contributed by atoms with Crippen LogP contribution < -0.4 is 4.74 Å². The van der Waals surface area contributed by atoms with E-state index in [1.807, 2.05) is 0 Å². The Morgan fingerprint density at radius 1 is 1.27 bits per heavy atom. The molecule has 0 aliphatic rings. The zero-order valence-corrected chi connectivity index (χ0v) is 12.1. The molecule has 0 aliphatic heterocycles. The van der Waals surface area contributed by atoms with Crippen molar-refractivity contribution in [3.8, 4) is 11.6 Å². The van der Waals surface area contributed by atoms with Gasteiger partial charge in [0.25, 0.3) is 0 Å². The van der Waals surface area contributed by atoms with Gasteiger partial charge in [0.05, 0.1) is 5.69 Å². The molecule has 0 radical (unpaired) electrons. The van der Waals surface area contributed by atoms with Crippen molar-refractivity contribution < 1.29 is 22.7 Å². The molecule has 0 aliphatic carbocycles. The first kappa shape index (κ1) is 16.0. The number of thioether (sulfide) groups is 1. The lowest BCUT2D eigenvalue weighted by Crippen LogP contribution is -2.06. The zero-order chi connectivity index (χ0) is 16.3. The molecular formula is C14H9F3N2O2S. The Balaban J connectivity index is 2.55. The minimum atomic E-state index is -1.25. The minimum Gasteiger partial charge on any atom is -0.432 e. The van der Waals surface area contributed by atoms with Crippen LogP contribution in [0.1, 0.15) is 16.1 Å². The van der Waals surface area contributed by atoms with Crippen molar-refractivity contribution in [2.75, 3.05) is 6.26 Å². The number of ether oxygens (including phenoxy) is 1. The van der Waals surface area contributed by atoms with Crippen LogP contribution >= 0.6 is 11.8 Å². The summed E-state index contributed by atoms with van der Waals surface area (Å²) in [4.78, 5) is 19.5. The van der Waals surface area contributed by atoms with Gasteiger partial charge in [-0.2, -0.15) is 0 Å². The fourth-order valence-corrected chi connectivity index (χ4v) is 2.03. The number of hydrogen-bond acceptors (Lipinski definition) is 5. The summed E-state index contributed by atoms with van der Waals surface area (Å²) in [5.74, 6) is -4.78. The number of halogens is 3. The molecule has 22 heavy (non-hydrogen) atoms. The molecule has 0 atom stereocenters. The van der Waals surface area contributed by atoms with E-state index in [-0.39, 0.29) is 17.1 Å². The predicted molar refractivity (Wildman–Crippen MR) is 76.4 cm³/mol. The lowest BCUT2D eigenvalue weighted by Gasteiger charge is -2.11. The molecule has 0 spiro atoms. The lowest BCUT2D eigenvalue weighted by atomic mass is 10.2. The summed E-state index contributed by atoms with van der Waals surface area (Å²) in [6, 6.07) is 0.925. The number of carbonyl (C=O) groups excluding carboxylic acids is 1. The van der Waals surface area contributed by atoms with Crippen LogP contribution in [0.3, 0.4) is 0 Å². The Labute approximate surface area is 128 Å². The Morgan fingerprint density at radius 2 is 1.91 bits per heavy atom. The molecule has 0 unspecified atom stereocenters. The molecule has 0 saturated carbocycles. The number of carbonyl (C=O) groups is 1. The largest absolute Gasteiger partial charge is 0.432 e. The van der Waals surface area contributed by atoms with Crippen molar-refractivity contribution in [1.29, 1.82) is 0 Å². The first-order chi connectivity index (χ1) is 10.5. The number of hydrogen-bond donors (Lipinski definition) is 0. The van der Waals surface area contributed by atoms with Crippen molar-refractivity contribution in [3.63, 3.8) is 0 Å². The Bertz CT molecular complexity index is 730. The molecule has 8 heteroatoms. The molecule has 1 aromatic carbocycles. The van der Waals surface area contributed by atoms with Gasteiger partial charge in [0.2, 0.25) is 16.7 Å². The van der Waals surface area contributed by atoms with E-state index in [0.717, 1.165) is 18.1 Å². The van der Waals surface area contributed by atoms with Gasteiger partial charge in [0, 0.05) is 12.1 Å². The predicted octanol–water partition coefficient (Wildman–Crippen LogP) is 3.83. The van der Waals surface area contributed by atoms with Gasteiger partial charge in [-0.1, -0.05) is 18.3 Å². The fraction of sp³-hybridized carbons (Fsp3) is 0.0714. The van der Waals surface area contributed by atoms with Gasteiger partial charge < -0.3 is 4.74 Å². The van der Waals surface area contributed by atoms with Gasteiger partial charge >= 0.3 is 0 Å². The molecule has 1 heterocycles. The third-order valence-corrected chi connectivity index (χ3v) is 3.16. The number of benzene rings is 1. The Kier molecular flexibility index (Phi) is 4.81. The third kappa shape index (κ3) is 3.11. The minimum absolute atomic E-state index is 0.0758. The molecule has 1 aromatic heterocycles. The van der Waals surface area contributed by atoms with Crippen LogP contribution in [0.2, 0.25) is 0 Å². The molecule has 0 saturated heterocycles. The number of rotatable bonds is 4. The molecule has 0 amide bonds. The van der Waals surface area contributed by atoms with Gasteiger partial charge in [-0.3, -0.25) is 4.79 Å². The molecule has 2 aromatic rings. The van der Waals surface area contributed by atoms with Crippen molar-refractivity contribution in [1.82, 2.24) is 9.97 Å². The average molecular weight is 326 g/mol. The normalized spacial score (nSPS) is 10.4. The average Bonchev–Trinajstić information content (AvgIpc) is 2.49. The monoisotopic (exact) mass is 326 g/mol. The van der Waals surface area contributed by atoms with E-state index >= 15 is 0 Å². The summed E-state index contributed by atoms with van der Waals surface area (Å²) in [7, 11) is 0. The molecule has 2 rings (SSSR count). The molecule has 4 nitrogen and oxygen atoms in total. The zero-order valence-electron chi connectivity index (χ0n) is 11.3. The van der Waals surface area contributed by atoms with Crippen LogP contribution in [0.15, 0.2) is 25.0 Å². The third-order valence-electron chi connectivity index (χ3n) is 2.59. The van der Waals surface area contributed by atoms with Crippen LogP contribution in [0, 0.1) is 17.5 Å². The maximum Gasteiger partial charge on any atom is 0.235 e. The summed E-state index contributed by atoms with van der Waals surface area (Å²) in [6.45, 7) is 3.50. The molecule has 0 fully saturated rings. The van der Waals surface area contributed by atoms with Crippen LogP contribution in [-0.4, -0.2) is 21.3 Å². The second kappa shape index (κ2) is 6.61. The lowest BCUT2D eigenvalue weighted by molar-refractivity contribution is 0.108. The molecular weight excluding hydrogens is 317 g/mol. The van der Waals surface area contributed by atoms with Crippen molar-refractivity contribution in [2.45, 2.75) is 0 Å². The molecule has 114 valence electrons. The van der Waals surface area contributed by atoms with Crippen LogP contribution in [0.5, 0.6) is 11.6 Å². The van der Waals surface area contributed by atoms with E-state index in [0.29, 0.717) is 12.1 Å². The topological polar surface area (TPSA) is 52.1 Å². The Hall–Kier alpha value is -2.35. The summed E-state index contributed by atoms with van der Waals surface area (Å²) in [5.41, 5.74) is 0.0837. The second-order valence-electron chi connectivity index (χ2n) is 3.94.